The molecule has 0 radical (unpaired) electrons. The Balaban J connectivity index is 1.59. The molecule has 1 saturated heterocycles. The van der Waals surface area contributed by atoms with Gasteiger partial charge in [-0.3, -0.25) is 4.79 Å². The molecular weight excluding hydrogens is 292 g/mol. The summed E-state index contributed by atoms with van der Waals surface area (Å²) in [7, 11) is 0. The summed E-state index contributed by atoms with van der Waals surface area (Å²) in [4.78, 5) is 15.5. The van der Waals surface area contributed by atoms with Crippen LogP contribution < -0.4 is 5.32 Å². The first-order valence-electron chi connectivity index (χ1n) is 7.37. The molecule has 1 N–H and O–H groups in total. The lowest BCUT2D eigenvalue weighted by molar-refractivity contribution is -0.121. The maximum atomic E-state index is 11.8. The summed E-state index contributed by atoms with van der Waals surface area (Å²) >= 11 is 7.43. The summed E-state index contributed by atoms with van der Waals surface area (Å²) in [6.45, 7) is 6.52. The van der Waals surface area contributed by atoms with Crippen LogP contribution in [0.25, 0.3) is 0 Å². The summed E-state index contributed by atoms with van der Waals surface area (Å²) in [6, 6.07) is 3.88. The van der Waals surface area contributed by atoms with E-state index in [1.165, 1.54) is 30.8 Å². The van der Waals surface area contributed by atoms with Gasteiger partial charge in [0.25, 0.3) is 0 Å². The highest BCUT2D eigenvalue weighted by atomic mass is 35.5. The predicted molar refractivity (Wildman–Crippen MR) is 85.5 cm³/mol. The molecule has 1 aliphatic rings. The zero-order valence-corrected chi connectivity index (χ0v) is 13.6. The van der Waals surface area contributed by atoms with Gasteiger partial charge in [-0.15, -0.1) is 11.3 Å². The number of hydrogen-bond acceptors (Lipinski definition) is 3. The van der Waals surface area contributed by atoms with Gasteiger partial charge in [-0.2, -0.15) is 0 Å². The van der Waals surface area contributed by atoms with Crippen molar-refractivity contribution in [3.05, 3.63) is 21.3 Å². The zero-order chi connectivity index (χ0) is 14.4. The molecule has 0 bridgehead atoms. The molecule has 112 valence electrons. The molecule has 0 saturated carbocycles. The minimum atomic E-state index is 0.141. The number of amides is 1. The fraction of sp³-hybridized carbons (Fsp3) is 0.667. The first-order chi connectivity index (χ1) is 9.63. The van der Waals surface area contributed by atoms with E-state index in [-0.39, 0.29) is 5.91 Å². The van der Waals surface area contributed by atoms with Gasteiger partial charge in [0.2, 0.25) is 5.91 Å². The molecule has 0 spiro atoms. The van der Waals surface area contributed by atoms with Crippen LogP contribution in [0.15, 0.2) is 12.1 Å². The maximum Gasteiger partial charge on any atom is 0.220 e. The summed E-state index contributed by atoms with van der Waals surface area (Å²) in [5.41, 5.74) is 0. The lowest BCUT2D eigenvalue weighted by atomic mass is 10.1. The van der Waals surface area contributed by atoms with Crippen LogP contribution in [-0.4, -0.2) is 37.0 Å². The molecule has 3 nitrogen and oxygen atoms in total. The van der Waals surface area contributed by atoms with Gasteiger partial charge in [0.05, 0.1) is 4.34 Å². The van der Waals surface area contributed by atoms with Crippen molar-refractivity contribution in [1.29, 1.82) is 0 Å². The molecule has 1 aliphatic heterocycles. The van der Waals surface area contributed by atoms with E-state index in [1.807, 2.05) is 12.1 Å². The Morgan fingerprint density at radius 2 is 2.20 bits per heavy atom. The minimum Gasteiger partial charge on any atom is -0.356 e. The van der Waals surface area contributed by atoms with Gasteiger partial charge < -0.3 is 10.2 Å². The summed E-state index contributed by atoms with van der Waals surface area (Å²) in [6.07, 6.45) is 3.97. The predicted octanol–water partition coefficient (Wildman–Crippen LogP) is 3.18. The average molecular weight is 315 g/mol. The van der Waals surface area contributed by atoms with Crippen molar-refractivity contribution in [2.24, 2.45) is 5.92 Å². The van der Waals surface area contributed by atoms with Crippen LogP contribution in [0, 0.1) is 5.92 Å². The molecule has 1 fully saturated rings. The second-order valence-electron chi connectivity index (χ2n) is 5.62. The molecule has 1 aromatic rings. The lowest BCUT2D eigenvalue weighted by Gasteiger charge is -2.20. The molecule has 1 amide bonds. The van der Waals surface area contributed by atoms with Crippen LogP contribution in [0.3, 0.4) is 0 Å². The van der Waals surface area contributed by atoms with Crippen molar-refractivity contribution < 1.29 is 4.79 Å². The quantitative estimate of drug-likeness (QED) is 0.838. The monoisotopic (exact) mass is 314 g/mol. The van der Waals surface area contributed by atoms with E-state index in [4.69, 9.17) is 11.6 Å². The maximum absolute atomic E-state index is 11.8. The van der Waals surface area contributed by atoms with Crippen LogP contribution in [0.1, 0.15) is 31.1 Å². The Labute approximate surface area is 130 Å². The Bertz CT molecular complexity index is 429. The largest absolute Gasteiger partial charge is 0.356 e. The van der Waals surface area contributed by atoms with Crippen LogP contribution in [0.5, 0.6) is 0 Å². The minimum absolute atomic E-state index is 0.141. The van der Waals surface area contributed by atoms with Gasteiger partial charge in [0.15, 0.2) is 0 Å². The number of nitrogens with zero attached hydrogens (tertiary/aromatic N) is 1. The van der Waals surface area contributed by atoms with Crippen molar-refractivity contribution in [3.63, 3.8) is 0 Å². The Hall–Kier alpha value is -0.580. The average Bonchev–Trinajstić information content (AvgIpc) is 3.05. The van der Waals surface area contributed by atoms with Gasteiger partial charge in [-0.25, -0.2) is 0 Å². The third-order valence-electron chi connectivity index (χ3n) is 3.64. The summed E-state index contributed by atoms with van der Waals surface area (Å²) < 4.78 is 0.791. The van der Waals surface area contributed by atoms with Gasteiger partial charge >= 0.3 is 0 Å². The summed E-state index contributed by atoms with van der Waals surface area (Å²) in [5.74, 6) is 0.663. The van der Waals surface area contributed by atoms with E-state index in [0.717, 1.165) is 23.8 Å². The van der Waals surface area contributed by atoms with E-state index in [0.29, 0.717) is 12.3 Å². The first-order valence-corrected chi connectivity index (χ1v) is 8.56. The Morgan fingerprint density at radius 3 is 2.85 bits per heavy atom. The fourth-order valence-electron chi connectivity index (χ4n) is 2.57. The topological polar surface area (TPSA) is 32.3 Å². The number of carbonyl (C=O) groups excluding carboxylic acids is 1. The van der Waals surface area contributed by atoms with Crippen LogP contribution in [0.2, 0.25) is 4.34 Å². The van der Waals surface area contributed by atoms with Crippen molar-refractivity contribution in [2.75, 3.05) is 26.2 Å². The molecular formula is C15H23ClN2OS. The number of likely N-dealkylation sites (tertiary alicyclic amines) is 1. The van der Waals surface area contributed by atoms with E-state index in [9.17, 15) is 4.79 Å². The molecule has 1 aromatic heterocycles. The second kappa shape index (κ2) is 8.01. The number of halogens is 1. The van der Waals surface area contributed by atoms with Crippen molar-refractivity contribution in [3.8, 4) is 0 Å². The van der Waals surface area contributed by atoms with E-state index < -0.39 is 0 Å². The highest BCUT2D eigenvalue weighted by molar-refractivity contribution is 7.16. The van der Waals surface area contributed by atoms with Gasteiger partial charge in [-0.05, 0) is 50.4 Å². The van der Waals surface area contributed by atoms with Crippen molar-refractivity contribution in [2.45, 2.75) is 32.6 Å². The molecule has 5 heteroatoms. The highest BCUT2D eigenvalue weighted by Gasteiger charge is 2.15. The number of carbonyl (C=O) groups is 1. The van der Waals surface area contributed by atoms with Gasteiger partial charge in [-0.1, -0.05) is 18.5 Å². The third kappa shape index (κ3) is 5.43. The van der Waals surface area contributed by atoms with Crippen LogP contribution >= 0.6 is 22.9 Å². The molecule has 0 unspecified atom stereocenters. The Kier molecular flexibility index (Phi) is 6.33. The van der Waals surface area contributed by atoms with E-state index in [2.05, 4.69) is 17.1 Å². The smallest absolute Gasteiger partial charge is 0.220 e. The van der Waals surface area contributed by atoms with Crippen molar-refractivity contribution in [1.82, 2.24) is 10.2 Å². The third-order valence-corrected chi connectivity index (χ3v) is 4.93. The molecule has 1 atom stereocenters. The number of rotatable bonds is 7. The normalized spacial score (nSPS) is 17.3. The first kappa shape index (κ1) is 15.8. The van der Waals surface area contributed by atoms with E-state index >= 15 is 0 Å². The summed E-state index contributed by atoms with van der Waals surface area (Å²) in [5, 5.41) is 3.04. The lowest BCUT2D eigenvalue weighted by Crippen LogP contribution is -2.34. The van der Waals surface area contributed by atoms with Gasteiger partial charge in [0, 0.05) is 24.4 Å². The van der Waals surface area contributed by atoms with Crippen LogP contribution in [0.4, 0.5) is 0 Å². The Morgan fingerprint density at radius 1 is 1.45 bits per heavy atom. The number of thiophene rings is 1. The molecule has 0 aliphatic carbocycles. The highest BCUT2D eigenvalue weighted by Crippen LogP contribution is 2.22. The van der Waals surface area contributed by atoms with Crippen LogP contribution in [-0.2, 0) is 11.2 Å². The molecule has 20 heavy (non-hydrogen) atoms. The fourth-order valence-corrected chi connectivity index (χ4v) is 3.66. The van der Waals surface area contributed by atoms with Gasteiger partial charge in [0.1, 0.15) is 0 Å². The van der Waals surface area contributed by atoms with Crippen molar-refractivity contribution >= 4 is 28.8 Å². The molecule has 0 aromatic carbocycles. The zero-order valence-electron chi connectivity index (χ0n) is 12.0. The standard InChI is InChI=1S/C15H23ClN2OS/c1-12(11-18-8-2-3-9-18)10-17-15(19)7-5-13-4-6-14(16)20-13/h4,6,12H,2-3,5,7-11H2,1H3,(H,17,19)/t12-/m0/s1. The SMILES string of the molecule is C[C@@H](CNC(=O)CCc1ccc(Cl)s1)CN1CCCC1. The molecule has 2 heterocycles. The number of hydrogen-bond donors (Lipinski definition) is 1. The number of nitrogens with one attached hydrogen (secondary N) is 1. The number of aryl methyl sites for hydroxylation is 1. The second-order valence-corrected chi connectivity index (χ2v) is 7.42. The van der Waals surface area contributed by atoms with E-state index in [1.54, 1.807) is 11.3 Å². The molecule has 2 rings (SSSR count).